The number of carbonyl (C=O) groups excluding carboxylic acids is 1. The van der Waals surface area contributed by atoms with E-state index >= 15 is 0 Å². The first-order valence-electron chi connectivity index (χ1n) is 8.92. The molecule has 3 heterocycles. The van der Waals surface area contributed by atoms with Gasteiger partial charge in [-0.2, -0.15) is 10.4 Å². The zero-order valence-corrected chi connectivity index (χ0v) is 18.7. The van der Waals surface area contributed by atoms with Gasteiger partial charge in [0.15, 0.2) is 5.76 Å². The van der Waals surface area contributed by atoms with Crippen molar-refractivity contribution in [2.45, 2.75) is 27.7 Å². The van der Waals surface area contributed by atoms with E-state index in [0.717, 1.165) is 0 Å². The summed E-state index contributed by atoms with van der Waals surface area (Å²) < 4.78 is 7.19. The van der Waals surface area contributed by atoms with Gasteiger partial charge < -0.3 is 4.74 Å². The fourth-order valence-corrected chi connectivity index (χ4v) is 3.50. The maximum absolute atomic E-state index is 12.7. The standard InChI is InChI=1S/C20H19ClN6O2S/c1-11-15(21)16(27(5)26-11)17(29-19(28)20(2,3)4)12(8-22)14-10-30-18(25-14)13-9-23-6-7-24-13/h6-7,9-10H,1-5H3. The molecule has 0 unspecified atom stereocenters. The molecule has 3 rings (SSSR count). The van der Waals surface area contributed by atoms with Gasteiger partial charge in [-0.3, -0.25) is 19.4 Å². The van der Waals surface area contributed by atoms with Crippen molar-refractivity contribution >= 4 is 40.2 Å². The molecule has 0 atom stereocenters. The zero-order chi connectivity index (χ0) is 22.1. The van der Waals surface area contributed by atoms with Crippen molar-refractivity contribution in [3.8, 4) is 16.8 Å². The molecule has 0 spiro atoms. The van der Waals surface area contributed by atoms with Crippen LogP contribution in [0.4, 0.5) is 0 Å². The number of hydrogen-bond donors (Lipinski definition) is 0. The minimum absolute atomic E-state index is 0.0153. The maximum Gasteiger partial charge on any atom is 0.316 e. The number of aryl methyl sites for hydroxylation is 2. The molecular weight excluding hydrogens is 424 g/mol. The van der Waals surface area contributed by atoms with Gasteiger partial charge >= 0.3 is 5.97 Å². The monoisotopic (exact) mass is 442 g/mol. The van der Waals surface area contributed by atoms with Crippen LogP contribution < -0.4 is 0 Å². The lowest BCUT2D eigenvalue weighted by Crippen LogP contribution is -2.23. The lowest BCUT2D eigenvalue weighted by molar-refractivity contribution is -0.145. The lowest BCUT2D eigenvalue weighted by atomic mass is 9.97. The summed E-state index contributed by atoms with van der Waals surface area (Å²) in [6.45, 7) is 6.91. The summed E-state index contributed by atoms with van der Waals surface area (Å²) in [7, 11) is 1.67. The highest BCUT2D eigenvalue weighted by Crippen LogP contribution is 2.36. The second kappa shape index (κ2) is 8.34. The molecule has 10 heteroatoms. The molecule has 154 valence electrons. The van der Waals surface area contributed by atoms with E-state index in [1.807, 2.05) is 0 Å². The topological polar surface area (TPSA) is 107 Å². The normalized spacial score (nSPS) is 12.3. The molecule has 0 bridgehead atoms. The first kappa shape index (κ1) is 21.6. The van der Waals surface area contributed by atoms with E-state index in [1.54, 1.807) is 58.7 Å². The van der Waals surface area contributed by atoms with Crippen LogP contribution in [0.1, 0.15) is 37.9 Å². The van der Waals surface area contributed by atoms with Gasteiger partial charge in [0.2, 0.25) is 0 Å². The molecule has 3 aromatic rings. The number of thiazole rings is 1. The van der Waals surface area contributed by atoms with Crippen LogP contribution in [0.25, 0.3) is 22.0 Å². The van der Waals surface area contributed by atoms with Crippen molar-refractivity contribution in [1.29, 1.82) is 5.26 Å². The molecule has 0 radical (unpaired) electrons. The average molecular weight is 443 g/mol. The highest BCUT2D eigenvalue weighted by atomic mass is 35.5. The van der Waals surface area contributed by atoms with Crippen LogP contribution in [-0.4, -0.2) is 30.7 Å². The molecule has 0 saturated heterocycles. The van der Waals surface area contributed by atoms with Crippen molar-refractivity contribution < 1.29 is 9.53 Å². The molecule has 8 nitrogen and oxygen atoms in total. The van der Waals surface area contributed by atoms with Gasteiger partial charge in [0.1, 0.15) is 28.0 Å². The largest absolute Gasteiger partial charge is 0.422 e. The Morgan fingerprint density at radius 2 is 2.07 bits per heavy atom. The molecule has 30 heavy (non-hydrogen) atoms. The summed E-state index contributed by atoms with van der Waals surface area (Å²) in [4.78, 5) is 25.5. The smallest absolute Gasteiger partial charge is 0.316 e. The summed E-state index contributed by atoms with van der Waals surface area (Å²) in [5.41, 5.74) is 1.08. The lowest BCUT2D eigenvalue weighted by Gasteiger charge is -2.19. The van der Waals surface area contributed by atoms with E-state index in [-0.39, 0.29) is 11.3 Å². The second-order valence-electron chi connectivity index (χ2n) is 7.46. The van der Waals surface area contributed by atoms with Gasteiger partial charge in [-0.25, -0.2) is 4.98 Å². The summed E-state index contributed by atoms with van der Waals surface area (Å²) in [5, 5.41) is 16.8. The minimum atomic E-state index is -0.793. The number of rotatable bonds is 4. The van der Waals surface area contributed by atoms with Crippen molar-refractivity contribution in [3.05, 3.63) is 46.1 Å². The van der Waals surface area contributed by atoms with E-state index < -0.39 is 11.4 Å². The van der Waals surface area contributed by atoms with Crippen molar-refractivity contribution in [3.63, 3.8) is 0 Å². The van der Waals surface area contributed by atoms with Crippen LogP contribution in [0.15, 0.2) is 24.0 Å². The SMILES string of the molecule is Cc1nn(C)c(C(OC(=O)C(C)(C)C)=C(C#N)c2csc(-c3cnccn3)n2)c1Cl. The highest BCUT2D eigenvalue weighted by Gasteiger charge is 2.30. The predicted molar refractivity (Wildman–Crippen MR) is 114 cm³/mol. The molecule has 0 aromatic carbocycles. The number of allylic oxidation sites excluding steroid dienone is 1. The molecule has 0 N–H and O–H groups in total. The van der Waals surface area contributed by atoms with Crippen molar-refractivity contribution in [1.82, 2.24) is 24.7 Å². The van der Waals surface area contributed by atoms with Crippen molar-refractivity contribution in [2.75, 3.05) is 0 Å². The van der Waals surface area contributed by atoms with E-state index in [1.165, 1.54) is 16.0 Å². The number of esters is 1. The molecule has 0 aliphatic carbocycles. The Morgan fingerprint density at radius 1 is 1.33 bits per heavy atom. The number of ether oxygens (including phenoxy) is 1. The highest BCUT2D eigenvalue weighted by molar-refractivity contribution is 7.13. The number of nitriles is 1. The van der Waals surface area contributed by atoms with Crippen LogP contribution in [0, 0.1) is 23.7 Å². The van der Waals surface area contributed by atoms with E-state index in [9.17, 15) is 10.1 Å². The Hall–Kier alpha value is -3.09. The van der Waals surface area contributed by atoms with Gasteiger partial charge in [-0.15, -0.1) is 11.3 Å². The molecule has 3 aromatic heterocycles. The number of carbonyl (C=O) groups is 1. The number of aromatic nitrogens is 5. The van der Waals surface area contributed by atoms with Crippen LogP contribution in [0.5, 0.6) is 0 Å². The molecule has 0 aliphatic heterocycles. The Kier molecular flexibility index (Phi) is 6.01. The van der Waals surface area contributed by atoms with E-state index in [4.69, 9.17) is 16.3 Å². The zero-order valence-electron chi connectivity index (χ0n) is 17.1. The van der Waals surface area contributed by atoms with Gasteiger partial charge in [-0.1, -0.05) is 11.6 Å². The third-order valence-corrected chi connectivity index (χ3v) is 5.37. The maximum atomic E-state index is 12.7. The first-order chi connectivity index (χ1) is 14.1. The van der Waals surface area contributed by atoms with Crippen LogP contribution >= 0.6 is 22.9 Å². The average Bonchev–Trinajstić information content (AvgIpc) is 3.27. The fourth-order valence-electron chi connectivity index (χ4n) is 2.48. The van der Waals surface area contributed by atoms with E-state index in [0.29, 0.717) is 32.8 Å². The van der Waals surface area contributed by atoms with Gasteiger partial charge in [0.05, 0.1) is 28.0 Å². The van der Waals surface area contributed by atoms with Crippen LogP contribution in [0.2, 0.25) is 5.02 Å². The summed E-state index contributed by atoms with van der Waals surface area (Å²) in [6.07, 6.45) is 4.71. The fraction of sp³-hybridized carbons (Fsp3) is 0.300. The third-order valence-electron chi connectivity index (χ3n) is 4.05. The molecule has 0 fully saturated rings. The summed E-state index contributed by atoms with van der Waals surface area (Å²) in [5.74, 6) is -0.494. The number of hydrogen-bond acceptors (Lipinski definition) is 8. The first-order valence-corrected chi connectivity index (χ1v) is 10.2. The van der Waals surface area contributed by atoms with Crippen LogP contribution in [-0.2, 0) is 16.6 Å². The number of halogens is 1. The van der Waals surface area contributed by atoms with Gasteiger partial charge in [0.25, 0.3) is 0 Å². The van der Waals surface area contributed by atoms with Gasteiger partial charge in [0, 0.05) is 24.8 Å². The Labute approximate surface area is 182 Å². The Balaban J connectivity index is 2.20. The summed E-state index contributed by atoms with van der Waals surface area (Å²) >= 11 is 7.74. The molecule has 0 aliphatic rings. The molecule has 0 saturated carbocycles. The third kappa shape index (κ3) is 4.25. The quantitative estimate of drug-likeness (QED) is 0.337. The molecular formula is C20H19ClN6O2S. The van der Waals surface area contributed by atoms with Crippen molar-refractivity contribution in [2.24, 2.45) is 12.5 Å². The number of nitrogens with zero attached hydrogens (tertiary/aromatic N) is 6. The minimum Gasteiger partial charge on any atom is -0.422 e. The Bertz CT molecular complexity index is 1170. The Morgan fingerprint density at radius 3 is 2.60 bits per heavy atom. The van der Waals surface area contributed by atoms with E-state index in [2.05, 4.69) is 26.1 Å². The van der Waals surface area contributed by atoms with Crippen LogP contribution in [0.3, 0.4) is 0 Å². The molecule has 0 amide bonds. The van der Waals surface area contributed by atoms with Gasteiger partial charge in [-0.05, 0) is 27.7 Å². The predicted octanol–water partition coefficient (Wildman–Crippen LogP) is 4.28. The summed E-state index contributed by atoms with van der Waals surface area (Å²) in [6, 6.07) is 2.11. The second-order valence-corrected chi connectivity index (χ2v) is 8.69.